The number of aliphatic hydroxyl groups is 1. The molecule has 0 bridgehead atoms. The van der Waals surface area contributed by atoms with Crippen LogP contribution in [0, 0.1) is 0 Å². The molecule has 29 heavy (non-hydrogen) atoms. The first kappa shape index (κ1) is 20.7. The fraction of sp³-hybridized carbons (Fsp3) is 0.200. The number of carbonyl (C=O) groups excluding carboxylic acids is 1. The highest BCUT2D eigenvalue weighted by atomic mass is 35.5. The molecule has 1 unspecified atom stereocenters. The van der Waals surface area contributed by atoms with Gasteiger partial charge in [0.05, 0.1) is 30.3 Å². The maximum absolute atomic E-state index is 12.4. The fourth-order valence-electron chi connectivity index (χ4n) is 2.61. The third-order valence-electron chi connectivity index (χ3n) is 4.11. The summed E-state index contributed by atoms with van der Waals surface area (Å²) in [6.07, 6.45) is 3.70. The number of hydrogen-bond donors (Lipinski definition) is 2. The van der Waals surface area contributed by atoms with E-state index in [2.05, 4.69) is 10.1 Å². The van der Waals surface area contributed by atoms with Crippen LogP contribution in [0.2, 0.25) is 5.02 Å². The van der Waals surface area contributed by atoms with Crippen LogP contribution in [0.15, 0.2) is 59.7 Å². The van der Waals surface area contributed by atoms with Crippen molar-refractivity contribution in [3.63, 3.8) is 0 Å². The second-order valence-corrected chi connectivity index (χ2v) is 6.70. The number of amides is 1. The molecule has 8 nitrogen and oxygen atoms in total. The summed E-state index contributed by atoms with van der Waals surface area (Å²) < 4.78 is 5.91. The van der Waals surface area contributed by atoms with E-state index < -0.39 is 11.5 Å². The van der Waals surface area contributed by atoms with Crippen LogP contribution in [0.1, 0.15) is 16.8 Å². The third kappa shape index (κ3) is 5.26. The van der Waals surface area contributed by atoms with Gasteiger partial charge in [-0.1, -0.05) is 23.7 Å². The van der Waals surface area contributed by atoms with Crippen molar-refractivity contribution in [2.75, 3.05) is 13.2 Å². The Morgan fingerprint density at radius 3 is 2.55 bits per heavy atom. The van der Waals surface area contributed by atoms with Gasteiger partial charge in [-0.3, -0.25) is 14.6 Å². The number of pyridine rings is 1. The molecule has 0 aliphatic carbocycles. The molecule has 2 aromatic heterocycles. The number of halogens is 1. The van der Waals surface area contributed by atoms with Gasteiger partial charge in [0.15, 0.2) is 0 Å². The monoisotopic (exact) mass is 414 g/mol. The van der Waals surface area contributed by atoms with Crippen LogP contribution < -0.4 is 11.3 Å². The van der Waals surface area contributed by atoms with Crippen molar-refractivity contribution in [1.82, 2.24) is 14.8 Å². The number of hydrogen-bond acceptors (Lipinski definition) is 6. The lowest BCUT2D eigenvalue weighted by molar-refractivity contribution is 0.0998. The van der Waals surface area contributed by atoms with Crippen molar-refractivity contribution >= 4 is 17.5 Å². The minimum atomic E-state index is -0.815. The molecule has 1 aliphatic rings. The van der Waals surface area contributed by atoms with Crippen LogP contribution in [-0.2, 0) is 4.74 Å². The quantitative estimate of drug-likeness (QED) is 0.674. The van der Waals surface area contributed by atoms with Crippen LogP contribution in [-0.4, -0.2) is 45.1 Å². The Morgan fingerprint density at radius 2 is 2.03 bits per heavy atom. The van der Waals surface area contributed by atoms with E-state index in [1.165, 1.54) is 12.3 Å². The van der Waals surface area contributed by atoms with Gasteiger partial charge in [-0.25, -0.2) is 0 Å². The molecule has 3 N–H and O–H groups in total. The normalized spacial score (nSPS) is 15.4. The van der Waals surface area contributed by atoms with Crippen molar-refractivity contribution in [3.05, 3.63) is 75.8 Å². The second kappa shape index (κ2) is 9.42. The predicted molar refractivity (Wildman–Crippen MR) is 108 cm³/mol. The van der Waals surface area contributed by atoms with Crippen LogP contribution in [0.4, 0.5) is 0 Å². The molecule has 0 saturated carbocycles. The van der Waals surface area contributed by atoms with E-state index in [4.69, 9.17) is 27.2 Å². The lowest BCUT2D eigenvalue weighted by Gasteiger charge is -2.09. The molecule has 1 amide bonds. The molecule has 1 atom stereocenters. The number of rotatable bonds is 3. The summed E-state index contributed by atoms with van der Waals surface area (Å²) in [6.45, 7) is 1.28. The molecule has 1 aliphatic heterocycles. The summed E-state index contributed by atoms with van der Waals surface area (Å²) in [5.74, 6) is -0.815. The number of primary amides is 1. The van der Waals surface area contributed by atoms with Gasteiger partial charge < -0.3 is 15.6 Å². The van der Waals surface area contributed by atoms with Crippen LogP contribution in [0.5, 0.6) is 0 Å². The van der Waals surface area contributed by atoms with Crippen LogP contribution >= 0.6 is 11.6 Å². The SMILES string of the molecule is NC(=O)c1cc(-c2ccc(Cl)cc2)nn(-c2cccnc2)c1=O.OC1CCOC1. The van der Waals surface area contributed by atoms with E-state index in [0.717, 1.165) is 17.7 Å². The zero-order chi connectivity index (χ0) is 20.8. The molecular formula is C20H19ClN4O4. The average Bonchev–Trinajstić information content (AvgIpc) is 3.21. The largest absolute Gasteiger partial charge is 0.391 e. The smallest absolute Gasteiger partial charge is 0.284 e. The van der Waals surface area contributed by atoms with E-state index in [0.29, 0.717) is 28.6 Å². The summed E-state index contributed by atoms with van der Waals surface area (Å²) in [4.78, 5) is 27.9. The van der Waals surface area contributed by atoms with Crippen molar-refractivity contribution in [2.45, 2.75) is 12.5 Å². The first-order valence-corrected chi connectivity index (χ1v) is 9.20. The summed E-state index contributed by atoms with van der Waals surface area (Å²) in [5, 5.41) is 13.5. The molecule has 150 valence electrons. The number of aromatic nitrogens is 3. The summed E-state index contributed by atoms with van der Waals surface area (Å²) in [7, 11) is 0. The first-order valence-electron chi connectivity index (χ1n) is 8.82. The van der Waals surface area contributed by atoms with Gasteiger partial charge in [0.1, 0.15) is 5.56 Å². The maximum Gasteiger partial charge on any atom is 0.284 e. The number of carbonyl (C=O) groups is 1. The summed E-state index contributed by atoms with van der Waals surface area (Å²) in [5.41, 5.74) is 6.15. The molecule has 1 saturated heterocycles. The number of benzene rings is 1. The van der Waals surface area contributed by atoms with Crippen LogP contribution in [0.25, 0.3) is 16.9 Å². The van der Waals surface area contributed by atoms with Crippen molar-refractivity contribution < 1.29 is 14.6 Å². The van der Waals surface area contributed by atoms with E-state index in [9.17, 15) is 9.59 Å². The third-order valence-corrected chi connectivity index (χ3v) is 4.37. The lowest BCUT2D eigenvalue weighted by atomic mass is 10.1. The molecule has 3 heterocycles. The highest BCUT2D eigenvalue weighted by Crippen LogP contribution is 2.20. The molecule has 0 radical (unpaired) electrons. The van der Waals surface area contributed by atoms with E-state index in [-0.39, 0.29) is 11.7 Å². The van der Waals surface area contributed by atoms with E-state index in [1.54, 1.807) is 42.6 Å². The zero-order valence-corrected chi connectivity index (χ0v) is 16.1. The molecule has 3 aromatic rings. The Bertz CT molecular complexity index is 1030. The highest BCUT2D eigenvalue weighted by molar-refractivity contribution is 6.30. The number of ether oxygens (including phenoxy) is 1. The van der Waals surface area contributed by atoms with Gasteiger partial charge in [-0.05, 0) is 36.8 Å². The van der Waals surface area contributed by atoms with Crippen molar-refractivity contribution in [3.8, 4) is 16.9 Å². The van der Waals surface area contributed by atoms with Crippen molar-refractivity contribution in [2.24, 2.45) is 5.73 Å². The molecule has 4 rings (SSSR count). The Morgan fingerprint density at radius 1 is 1.28 bits per heavy atom. The number of nitrogens with two attached hydrogens (primary N) is 1. The molecule has 1 fully saturated rings. The second-order valence-electron chi connectivity index (χ2n) is 6.26. The van der Waals surface area contributed by atoms with Gasteiger partial charge in [-0.15, -0.1) is 0 Å². The average molecular weight is 415 g/mol. The zero-order valence-electron chi connectivity index (χ0n) is 15.4. The molecule has 0 spiro atoms. The summed E-state index contributed by atoms with van der Waals surface area (Å²) in [6, 6.07) is 11.6. The summed E-state index contributed by atoms with van der Waals surface area (Å²) >= 11 is 5.88. The predicted octanol–water partition coefficient (Wildman–Crippen LogP) is 1.81. The lowest BCUT2D eigenvalue weighted by Crippen LogP contribution is -2.30. The maximum atomic E-state index is 12.4. The molecule has 1 aromatic carbocycles. The number of nitrogens with zero attached hydrogens (tertiary/aromatic N) is 3. The Labute approximate surface area is 171 Å². The highest BCUT2D eigenvalue weighted by Gasteiger charge is 2.15. The minimum absolute atomic E-state index is 0.145. The number of aliphatic hydroxyl groups excluding tert-OH is 1. The van der Waals surface area contributed by atoms with Gasteiger partial charge in [0.2, 0.25) is 0 Å². The Hall–Kier alpha value is -3.07. The van der Waals surface area contributed by atoms with Gasteiger partial charge >= 0.3 is 0 Å². The van der Waals surface area contributed by atoms with Gasteiger partial charge in [0, 0.05) is 23.4 Å². The standard InChI is InChI=1S/C16H11ClN4O2.C4H8O2/c17-11-5-3-10(4-6-11)14-8-13(15(18)22)16(23)21(20-14)12-2-1-7-19-9-12;5-4-1-2-6-3-4/h1-9H,(H2,18,22);4-5H,1-3H2. The van der Waals surface area contributed by atoms with E-state index >= 15 is 0 Å². The topological polar surface area (TPSA) is 120 Å². The van der Waals surface area contributed by atoms with Crippen molar-refractivity contribution in [1.29, 1.82) is 0 Å². The Kier molecular flexibility index (Phi) is 6.71. The first-order chi connectivity index (χ1) is 14.0. The van der Waals surface area contributed by atoms with Gasteiger partial charge in [0.25, 0.3) is 11.5 Å². The Balaban J connectivity index is 0.000000343. The van der Waals surface area contributed by atoms with Crippen LogP contribution in [0.3, 0.4) is 0 Å². The minimum Gasteiger partial charge on any atom is -0.391 e. The van der Waals surface area contributed by atoms with Gasteiger partial charge in [-0.2, -0.15) is 9.78 Å². The van der Waals surface area contributed by atoms with E-state index in [1.807, 2.05) is 0 Å². The molecular weight excluding hydrogens is 396 g/mol. The fourth-order valence-corrected chi connectivity index (χ4v) is 2.73. The molecule has 9 heteroatoms.